The number of ether oxygens (including phenoxy) is 2. The Morgan fingerprint density at radius 3 is 2.04 bits per heavy atom. The number of nitrogens with one attached hydrogen (secondary N) is 2. The van der Waals surface area contributed by atoms with Crippen molar-refractivity contribution in [3.05, 3.63) is 69.3 Å². The SMILES string of the molecule is COc1ccc(-c2ccc(C)c(C(=O)NCC(C)(C)NS(C)(=O)=O)n2)c(C)c1C1C2=C(CC(C)(C)CC2=O)OC2=C1C(=O)CC(C)(C)C2. The summed E-state index contributed by atoms with van der Waals surface area (Å²) in [5.41, 5.74) is 3.13. The average molecular weight is 678 g/mol. The lowest BCUT2D eigenvalue weighted by Gasteiger charge is -2.43. The lowest BCUT2D eigenvalue weighted by Crippen LogP contribution is -2.51. The molecule has 0 saturated heterocycles. The summed E-state index contributed by atoms with van der Waals surface area (Å²) in [5.74, 6) is 0.609. The molecular formula is C37H47N3O7S. The van der Waals surface area contributed by atoms with Gasteiger partial charge in [-0.15, -0.1) is 0 Å². The van der Waals surface area contributed by atoms with Crippen LogP contribution in [0.2, 0.25) is 0 Å². The molecule has 1 aliphatic heterocycles. The molecule has 11 heteroatoms. The van der Waals surface area contributed by atoms with Gasteiger partial charge in [-0.1, -0.05) is 33.8 Å². The van der Waals surface area contributed by atoms with Crippen molar-refractivity contribution < 1.29 is 32.3 Å². The molecule has 0 unspecified atom stereocenters. The van der Waals surface area contributed by atoms with E-state index in [-0.39, 0.29) is 34.6 Å². The summed E-state index contributed by atoms with van der Waals surface area (Å²) in [5, 5.41) is 2.81. The minimum absolute atomic E-state index is 0.0389. The summed E-state index contributed by atoms with van der Waals surface area (Å²) in [6.07, 6.45) is 2.90. The van der Waals surface area contributed by atoms with E-state index in [4.69, 9.17) is 14.5 Å². The van der Waals surface area contributed by atoms with Gasteiger partial charge in [-0.05, 0) is 67.9 Å². The molecular weight excluding hydrogens is 630 g/mol. The van der Waals surface area contributed by atoms with Gasteiger partial charge in [0.15, 0.2) is 11.6 Å². The Bertz CT molecular complexity index is 1850. The molecule has 258 valence electrons. The molecule has 2 aromatic rings. The van der Waals surface area contributed by atoms with Crippen molar-refractivity contribution in [1.82, 2.24) is 15.0 Å². The van der Waals surface area contributed by atoms with E-state index < -0.39 is 27.4 Å². The molecule has 0 radical (unpaired) electrons. The third-order valence-electron chi connectivity index (χ3n) is 9.31. The van der Waals surface area contributed by atoms with E-state index in [1.807, 2.05) is 31.2 Å². The second-order valence-corrected chi connectivity index (χ2v) is 17.5. The van der Waals surface area contributed by atoms with E-state index >= 15 is 0 Å². The van der Waals surface area contributed by atoms with E-state index in [0.717, 1.165) is 17.4 Å². The second kappa shape index (κ2) is 12.2. The van der Waals surface area contributed by atoms with Crippen LogP contribution in [0.4, 0.5) is 0 Å². The van der Waals surface area contributed by atoms with E-state index in [2.05, 4.69) is 37.7 Å². The lowest BCUT2D eigenvalue weighted by atomic mass is 9.65. The maximum Gasteiger partial charge on any atom is 0.270 e. The zero-order valence-corrected chi connectivity index (χ0v) is 30.5. The number of benzene rings is 1. The number of aromatic nitrogens is 1. The number of carbonyl (C=O) groups excluding carboxylic acids is 3. The van der Waals surface area contributed by atoms with Gasteiger partial charge in [0.05, 0.1) is 25.0 Å². The number of aryl methyl sites for hydroxylation is 1. The minimum atomic E-state index is -3.49. The minimum Gasteiger partial charge on any atom is -0.496 e. The number of carbonyl (C=O) groups is 3. The number of sulfonamides is 1. The molecule has 10 nitrogen and oxygen atoms in total. The summed E-state index contributed by atoms with van der Waals surface area (Å²) in [7, 11) is -1.91. The van der Waals surface area contributed by atoms with Gasteiger partial charge in [0.1, 0.15) is 23.0 Å². The smallest absolute Gasteiger partial charge is 0.270 e. The van der Waals surface area contributed by atoms with Gasteiger partial charge in [-0.2, -0.15) is 0 Å². The number of ketones is 2. The molecule has 0 fully saturated rings. The monoisotopic (exact) mass is 677 g/mol. The molecule has 5 rings (SSSR count). The topological polar surface area (TPSA) is 141 Å². The van der Waals surface area contributed by atoms with Crippen molar-refractivity contribution in [3.8, 4) is 17.0 Å². The van der Waals surface area contributed by atoms with Gasteiger partial charge < -0.3 is 14.8 Å². The maximum absolute atomic E-state index is 14.0. The summed E-state index contributed by atoms with van der Waals surface area (Å²) >= 11 is 0. The van der Waals surface area contributed by atoms with E-state index in [9.17, 15) is 22.8 Å². The number of hydrogen-bond acceptors (Lipinski definition) is 8. The van der Waals surface area contributed by atoms with Crippen LogP contribution < -0.4 is 14.8 Å². The van der Waals surface area contributed by atoms with E-state index in [1.165, 1.54) is 0 Å². The third-order valence-corrected chi connectivity index (χ3v) is 10.2. The Morgan fingerprint density at radius 1 is 0.958 bits per heavy atom. The fraction of sp³-hybridized carbons (Fsp3) is 0.514. The summed E-state index contributed by atoms with van der Waals surface area (Å²) in [6, 6.07) is 7.35. The van der Waals surface area contributed by atoms with Gasteiger partial charge in [0, 0.05) is 60.0 Å². The van der Waals surface area contributed by atoms with Gasteiger partial charge in [0.2, 0.25) is 10.0 Å². The van der Waals surface area contributed by atoms with Crippen molar-refractivity contribution in [3.63, 3.8) is 0 Å². The Labute approximate surface area is 283 Å². The molecule has 0 saturated carbocycles. The highest BCUT2D eigenvalue weighted by molar-refractivity contribution is 7.88. The molecule has 0 atom stereocenters. The highest BCUT2D eigenvalue weighted by atomic mass is 32.2. The van der Waals surface area contributed by atoms with Crippen molar-refractivity contribution in [2.75, 3.05) is 19.9 Å². The number of amides is 1. The molecule has 3 aliphatic rings. The Balaban J connectivity index is 1.63. The lowest BCUT2D eigenvalue weighted by molar-refractivity contribution is -0.120. The molecule has 2 N–H and O–H groups in total. The number of pyridine rings is 1. The highest BCUT2D eigenvalue weighted by Gasteiger charge is 2.49. The van der Waals surface area contributed by atoms with E-state index in [0.29, 0.717) is 70.9 Å². The number of rotatable bonds is 8. The molecule has 1 aromatic heterocycles. The van der Waals surface area contributed by atoms with Gasteiger partial charge >= 0.3 is 0 Å². The first-order valence-electron chi connectivity index (χ1n) is 16.2. The Hall–Kier alpha value is -3.83. The fourth-order valence-electron chi connectivity index (χ4n) is 7.31. The first kappa shape index (κ1) is 35.5. The number of methoxy groups -OCH3 is 1. The fourth-order valence-corrected chi connectivity index (χ4v) is 8.39. The van der Waals surface area contributed by atoms with Crippen LogP contribution in [-0.4, -0.2) is 56.3 Å². The average Bonchev–Trinajstić information content (AvgIpc) is 2.92. The molecule has 0 spiro atoms. The van der Waals surface area contributed by atoms with Crippen LogP contribution in [-0.2, 0) is 24.3 Å². The van der Waals surface area contributed by atoms with Gasteiger partial charge in [-0.25, -0.2) is 18.1 Å². The second-order valence-electron chi connectivity index (χ2n) is 15.7. The van der Waals surface area contributed by atoms with Crippen LogP contribution in [0.3, 0.4) is 0 Å². The maximum atomic E-state index is 14.0. The van der Waals surface area contributed by atoms with Gasteiger partial charge in [0.25, 0.3) is 5.91 Å². The molecule has 48 heavy (non-hydrogen) atoms. The molecule has 2 heterocycles. The summed E-state index contributed by atoms with van der Waals surface area (Å²) in [4.78, 5) is 46.1. The zero-order valence-electron chi connectivity index (χ0n) is 29.6. The predicted molar refractivity (Wildman–Crippen MR) is 184 cm³/mol. The van der Waals surface area contributed by atoms with Crippen LogP contribution in [0, 0.1) is 24.7 Å². The highest BCUT2D eigenvalue weighted by Crippen LogP contribution is 2.55. The van der Waals surface area contributed by atoms with E-state index in [1.54, 1.807) is 27.9 Å². The summed E-state index contributed by atoms with van der Waals surface area (Å²) in [6.45, 7) is 15.3. The Kier molecular flexibility index (Phi) is 9.05. The van der Waals surface area contributed by atoms with Gasteiger partial charge in [-0.3, -0.25) is 14.4 Å². The first-order valence-corrected chi connectivity index (χ1v) is 18.1. The summed E-state index contributed by atoms with van der Waals surface area (Å²) < 4.78 is 38.5. The third kappa shape index (κ3) is 7.12. The van der Waals surface area contributed by atoms with Crippen LogP contribution in [0.25, 0.3) is 11.3 Å². The zero-order chi connectivity index (χ0) is 35.6. The van der Waals surface area contributed by atoms with Crippen molar-refractivity contribution in [2.24, 2.45) is 10.8 Å². The number of hydrogen-bond donors (Lipinski definition) is 2. The molecule has 1 amide bonds. The molecule has 1 aromatic carbocycles. The molecule has 2 aliphatic carbocycles. The van der Waals surface area contributed by atoms with Crippen LogP contribution in [0.5, 0.6) is 5.75 Å². The Morgan fingerprint density at radius 2 is 1.52 bits per heavy atom. The van der Waals surface area contributed by atoms with Crippen molar-refractivity contribution >= 4 is 27.5 Å². The van der Waals surface area contributed by atoms with Crippen LogP contribution in [0.1, 0.15) is 100 Å². The molecule has 0 bridgehead atoms. The standard InChI is InChI=1S/C37H47N3O7S/c1-20-11-13-23(39-33(20)34(43)38-19-37(7,8)40-48(10,44)45)22-12-14-26(46-9)29(21(22)2)32-30-24(41)15-35(3,4)17-27(30)47-28-18-36(5,6)16-25(42)31(28)32/h11-14,32,40H,15-19H2,1-10H3,(H,38,43). The van der Waals surface area contributed by atoms with Crippen molar-refractivity contribution in [1.29, 1.82) is 0 Å². The first-order chi connectivity index (χ1) is 22.1. The van der Waals surface area contributed by atoms with Crippen LogP contribution >= 0.6 is 0 Å². The number of Topliss-reactive ketones (excluding diaryl/α,β-unsaturated/α-hetero) is 2. The largest absolute Gasteiger partial charge is 0.496 e. The number of nitrogens with zero attached hydrogens (tertiary/aromatic N) is 1. The quantitative estimate of drug-likeness (QED) is 0.356. The van der Waals surface area contributed by atoms with Crippen LogP contribution in [0.15, 0.2) is 46.9 Å². The predicted octanol–water partition coefficient (Wildman–Crippen LogP) is 5.83. The normalized spacial score (nSPS) is 19.5. The van der Waals surface area contributed by atoms with Crippen molar-refractivity contribution in [2.45, 2.75) is 92.5 Å². The number of allylic oxidation sites excluding steroid dienone is 4.